The van der Waals surface area contributed by atoms with Gasteiger partial charge in [-0.05, 0) is 24.4 Å². The second-order valence-electron chi connectivity index (χ2n) is 3.15. The van der Waals surface area contributed by atoms with E-state index >= 15 is 0 Å². The first-order valence-corrected chi connectivity index (χ1v) is 4.98. The second kappa shape index (κ2) is 5.03. The summed E-state index contributed by atoms with van der Waals surface area (Å²) < 4.78 is 15.5. The van der Waals surface area contributed by atoms with Gasteiger partial charge in [0.25, 0.3) is 0 Å². The summed E-state index contributed by atoms with van der Waals surface area (Å²) in [5.74, 6) is -3.46. The van der Waals surface area contributed by atoms with E-state index in [1.54, 1.807) is 25.1 Å². The molecule has 1 N–H and O–H groups in total. The van der Waals surface area contributed by atoms with Gasteiger partial charge in [-0.25, -0.2) is 0 Å². The highest BCUT2D eigenvalue weighted by atomic mass is 32.1. The molecule has 80 valence electrons. The van der Waals surface area contributed by atoms with E-state index in [-0.39, 0.29) is 4.86 Å². The zero-order chi connectivity index (χ0) is 13.2. The van der Waals surface area contributed by atoms with Crippen LogP contribution in [0, 0.1) is 12.8 Å². The van der Waals surface area contributed by atoms with Crippen molar-refractivity contribution in [3.63, 3.8) is 0 Å². The lowest BCUT2D eigenvalue weighted by Crippen LogP contribution is -2.22. The molecule has 15 heavy (non-hydrogen) atoms. The monoisotopic (exact) mass is 224 g/mol. The van der Waals surface area contributed by atoms with E-state index in [0.717, 1.165) is 5.56 Å². The second-order valence-corrected chi connectivity index (χ2v) is 3.56. The lowest BCUT2D eigenvalue weighted by Gasteiger charge is -2.13. The van der Waals surface area contributed by atoms with Gasteiger partial charge in [0, 0.05) is 7.61 Å². The lowest BCUT2D eigenvalue weighted by atomic mass is 9.94. The summed E-state index contributed by atoms with van der Waals surface area (Å²) in [5, 5.41) is 9.13. The van der Waals surface area contributed by atoms with Crippen LogP contribution in [0.25, 0.3) is 0 Å². The summed E-state index contributed by atoms with van der Waals surface area (Å²) in [6.45, 7) is 3.17. The smallest absolute Gasteiger partial charge is 0.311 e. The number of thiocarbonyl (C=S) groups is 1. The Hall–Kier alpha value is -1.22. The van der Waals surface area contributed by atoms with Crippen molar-refractivity contribution in [2.24, 2.45) is 5.89 Å². The van der Waals surface area contributed by atoms with Crippen molar-refractivity contribution >= 4 is 23.1 Å². The number of carboxylic acids is 1. The summed E-state index contributed by atoms with van der Waals surface area (Å²) in [5.41, 5.74) is 1.37. The molecule has 2 atom stereocenters. The predicted octanol–water partition coefficient (Wildman–Crippen LogP) is 2.82. The van der Waals surface area contributed by atoms with Crippen molar-refractivity contribution < 1.29 is 12.6 Å². The Morgan fingerprint density at radius 2 is 2.27 bits per heavy atom. The molecule has 2 unspecified atom stereocenters. The summed E-state index contributed by atoms with van der Waals surface area (Å²) >= 11 is 5.11. The maximum absolute atomic E-state index is 11.2. The number of rotatable bonds is 4. The maximum atomic E-state index is 11.2. The van der Waals surface area contributed by atoms with Gasteiger partial charge >= 0.3 is 5.97 Å². The number of carbonyl (C=O) groups is 1. The molecule has 0 fully saturated rings. The van der Waals surface area contributed by atoms with E-state index in [1.807, 2.05) is 6.07 Å². The molecule has 1 aromatic carbocycles. The molecule has 0 aliphatic heterocycles. The first kappa shape index (κ1) is 9.04. The Bertz CT molecular complexity index is 460. The fraction of sp³-hybridized carbons (Fsp3) is 0.333. The summed E-state index contributed by atoms with van der Waals surface area (Å²) in [6.07, 6.45) is -1.13. The van der Waals surface area contributed by atoms with Crippen molar-refractivity contribution in [2.45, 2.75) is 20.2 Å². The van der Waals surface area contributed by atoms with Crippen LogP contribution < -0.4 is 0 Å². The number of aliphatic carboxylic acids is 1. The van der Waals surface area contributed by atoms with Gasteiger partial charge in [0.1, 0.15) is 0 Å². The number of hydrogen-bond acceptors (Lipinski definition) is 2. The molecule has 0 heterocycles. The fourth-order valence-electron chi connectivity index (χ4n) is 1.32. The van der Waals surface area contributed by atoms with Crippen LogP contribution in [0.2, 0.25) is 0 Å². The van der Waals surface area contributed by atoms with Gasteiger partial charge in [-0.1, -0.05) is 43.4 Å². The van der Waals surface area contributed by atoms with Crippen LogP contribution in [-0.2, 0) is 4.79 Å². The van der Waals surface area contributed by atoms with E-state index in [4.69, 9.17) is 20.1 Å². The van der Waals surface area contributed by atoms with Crippen LogP contribution in [0.1, 0.15) is 27.2 Å². The third kappa shape index (κ3) is 2.63. The molecule has 0 saturated heterocycles. The molecule has 2 nitrogen and oxygen atoms in total. The molecule has 0 bridgehead atoms. The van der Waals surface area contributed by atoms with Gasteiger partial charge in [-0.15, -0.1) is 0 Å². The van der Waals surface area contributed by atoms with Crippen molar-refractivity contribution in [1.29, 1.82) is 0 Å². The van der Waals surface area contributed by atoms with Crippen LogP contribution in [0.5, 0.6) is 0 Å². The zero-order valence-electron chi connectivity index (χ0n) is 10.7. The van der Waals surface area contributed by atoms with E-state index in [1.165, 1.54) is 6.92 Å². The predicted molar refractivity (Wildman–Crippen MR) is 64.3 cm³/mol. The van der Waals surface area contributed by atoms with Crippen molar-refractivity contribution in [1.82, 2.24) is 0 Å². The maximum Gasteiger partial charge on any atom is 0.311 e. The minimum Gasteiger partial charge on any atom is -0.481 e. The molecule has 0 aromatic heterocycles. The largest absolute Gasteiger partial charge is 0.481 e. The van der Waals surface area contributed by atoms with Gasteiger partial charge in [-0.3, -0.25) is 4.79 Å². The van der Waals surface area contributed by atoms with E-state index in [0.29, 0.717) is 5.56 Å². The molecule has 3 heteroatoms. The Balaban J connectivity index is 3.28. The average Bonchev–Trinajstić information content (AvgIpc) is 2.27. The Kier molecular flexibility index (Phi) is 3.03. The molecule has 0 aliphatic rings. The molecular formula is C12H14O2S. The third-order valence-electron chi connectivity index (χ3n) is 2.15. The van der Waals surface area contributed by atoms with Gasteiger partial charge in [0.05, 0.1) is 5.89 Å². The fourth-order valence-corrected chi connectivity index (χ4v) is 1.76. The summed E-state index contributed by atoms with van der Waals surface area (Å²) in [7, 11) is 0. The number of benzene rings is 1. The molecular weight excluding hydrogens is 208 g/mol. The van der Waals surface area contributed by atoms with Crippen molar-refractivity contribution in [3.8, 4) is 0 Å². The number of hydrogen-bond donors (Lipinski definition) is 1. The number of carboxylic acid groups (broad SMARTS) is 1. The molecule has 0 spiro atoms. The minimum atomic E-state index is -2.08. The molecule has 1 aromatic rings. The third-order valence-corrected chi connectivity index (χ3v) is 2.59. The SMILES string of the molecule is [2H]C(C)C([2H])(C(=O)O)C(=S)c1ccccc1C. The average molecular weight is 224 g/mol. The van der Waals surface area contributed by atoms with Crippen molar-refractivity contribution in [3.05, 3.63) is 35.4 Å². The molecule has 0 saturated carbocycles. The first-order valence-electron chi connectivity index (χ1n) is 5.65. The number of aryl methyl sites for hydroxylation is 1. The minimum absolute atomic E-state index is 0.00870. The van der Waals surface area contributed by atoms with E-state index in [9.17, 15) is 4.79 Å². The Morgan fingerprint density at radius 3 is 2.73 bits per heavy atom. The molecule has 0 radical (unpaired) electrons. The van der Waals surface area contributed by atoms with Gasteiger partial charge in [0.15, 0.2) is 0 Å². The van der Waals surface area contributed by atoms with Gasteiger partial charge < -0.3 is 5.11 Å². The highest BCUT2D eigenvalue weighted by molar-refractivity contribution is 7.81. The molecule has 0 aliphatic carbocycles. The summed E-state index contributed by atoms with van der Waals surface area (Å²) in [4.78, 5) is 11.2. The lowest BCUT2D eigenvalue weighted by molar-refractivity contribution is -0.139. The molecule has 1 rings (SSSR count). The van der Waals surface area contributed by atoms with Crippen LogP contribution in [-0.4, -0.2) is 15.9 Å². The highest BCUT2D eigenvalue weighted by Crippen LogP contribution is 2.17. The van der Waals surface area contributed by atoms with Crippen molar-refractivity contribution in [2.75, 3.05) is 0 Å². The molecule has 0 amide bonds. The summed E-state index contributed by atoms with van der Waals surface area (Å²) in [6, 6.07) is 7.05. The Morgan fingerprint density at radius 1 is 1.67 bits per heavy atom. The van der Waals surface area contributed by atoms with Gasteiger partial charge in [-0.2, -0.15) is 0 Å². The van der Waals surface area contributed by atoms with Crippen LogP contribution in [0.4, 0.5) is 0 Å². The standard InChI is InChI=1S/C12H14O2S/c1-3-9(12(13)14)11(15)10-7-5-4-6-8(10)2/h4-7,9H,3H2,1-2H3,(H,13,14)/i3D,9D. The first-order chi connectivity index (χ1) is 7.81. The Labute approximate surface area is 97.7 Å². The quantitative estimate of drug-likeness (QED) is 0.631. The topological polar surface area (TPSA) is 37.3 Å². The van der Waals surface area contributed by atoms with Crippen LogP contribution in [0.3, 0.4) is 0 Å². The van der Waals surface area contributed by atoms with Gasteiger partial charge in [0.2, 0.25) is 0 Å². The van der Waals surface area contributed by atoms with Crippen LogP contribution in [0.15, 0.2) is 24.3 Å². The zero-order valence-corrected chi connectivity index (χ0v) is 9.47. The van der Waals surface area contributed by atoms with Crippen LogP contribution >= 0.6 is 12.2 Å². The van der Waals surface area contributed by atoms with E-state index < -0.39 is 18.3 Å². The normalized spacial score (nSPS) is 18.3. The van der Waals surface area contributed by atoms with E-state index in [2.05, 4.69) is 0 Å². The highest BCUT2D eigenvalue weighted by Gasteiger charge is 2.22.